The second kappa shape index (κ2) is 3.98. The standard InChI is InChI=1S/C9H13N3OS/c10-8-3-6(5-14-8)9(13)12-7-1-2-11-4-7/h3,5,7,11H,1-2,4,10H2,(H,12,13). The highest BCUT2D eigenvalue weighted by Crippen LogP contribution is 2.16. The first-order valence-corrected chi connectivity index (χ1v) is 5.49. The number of nitrogen functional groups attached to an aromatic ring is 1. The van der Waals surface area contributed by atoms with Gasteiger partial charge in [0.15, 0.2) is 0 Å². The topological polar surface area (TPSA) is 67.2 Å². The number of carbonyl (C=O) groups is 1. The Labute approximate surface area is 86.5 Å². The van der Waals surface area contributed by atoms with E-state index < -0.39 is 0 Å². The van der Waals surface area contributed by atoms with Gasteiger partial charge in [0.2, 0.25) is 0 Å². The quantitative estimate of drug-likeness (QED) is 0.664. The highest BCUT2D eigenvalue weighted by Gasteiger charge is 2.17. The van der Waals surface area contributed by atoms with Gasteiger partial charge in [0.25, 0.3) is 5.91 Å². The molecule has 1 aromatic heterocycles. The fourth-order valence-electron chi connectivity index (χ4n) is 1.52. The molecule has 1 aliphatic rings. The van der Waals surface area contributed by atoms with Crippen LogP contribution in [0.15, 0.2) is 11.4 Å². The molecule has 0 aromatic carbocycles. The highest BCUT2D eigenvalue weighted by molar-refractivity contribution is 7.14. The van der Waals surface area contributed by atoms with Crippen molar-refractivity contribution in [1.29, 1.82) is 0 Å². The van der Waals surface area contributed by atoms with Crippen molar-refractivity contribution in [3.8, 4) is 0 Å². The number of rotatable bonds is 2. The molecule has 0 spiro atoms. The number of nitrogens with two attached hydrogens (primary N) is 1. The number of nitrogens with one attached hydrogen (secondary N) is 2. The summed E-state index contributed by atoms with van der Waals surface area (Å²) in [5, 5.41) is 8.62. The first-order chi connectivity index (χ1) is 6.75. The van der Waals surface area contributed by atoms with E-state index in [9.17, 15) is 4.79 Å². The molecule has 1 aliphatic heterocycles. The first kappa shape index (κ1) is 9.48. The molecule has 1 aromatic rings. The fourth-order valence-corrected chi connectivity index (χ4v) is 2.15. The Balaban J connectivity index is 1.95. The van der Waals surface area contributed by atoms with Crippen molar-refractivity contribution >= 4 is 22.2 Å². The third kappa shape index (κ3) is 2.05. The molecule has 1 atom stereocenters. The van der Waals surface area contributed by atoms with Gasteiger partial charge in [0.05, 0.1) is 10.6 Å². The van der Waals surface area contributed by atoms with E-state index in [1.165, 1.54) is 11.3 Å². The SMILES string of the molecule is Nc1cc(C(=O)NC2CCNC2)cs1. The van der Waals surface area contributed by atoms with Gasteiger partial charge >= 0.3 is 0 Å². The van der Waals surface area contributed by atoms with Gasteiger partial charge in [-0.15, -0.1) is 11.3 Å². The Morgan fingerprint density at radius 1 is 1.71 bits per heavy atom. The number of thiophene rings is 1. The van der Waals surface area contributed by atoms with Crippen LogP contribution in [0, 0.1) is 0 Å². The van der Waals surface area contributed by atoms with Crippen molar-refractivity contribution < 1.29 is 4.79 Å². The smallest absolute Gasteiger partial charge is 0.252 e. The molecule has 0 bridgehead atoms. The maximum atomic E-state index is 11.6. The molecule has 0 radical (unpaired) electrons. The summed E-state index contributed by atoms with van der Waals surface area (Å²) in [5.41, 5.74) is 6.22. The third-order valence-electron chi connectivity index (χ3n) is 2.28. The van der Waals surface area contributed by atoms with E-state index >= 15 is 0 Å². The lowest BCUT2D eigenvalue weighted by Crippen LogP contribution is -2.35. The van der Waals surface area contributed by atoms with Gasteiger partial charge in [-0.25, -0.2) is 0 Å². The second-order valence-corrected chi connectivity index (χ2v) is 4.34. The summed E-state index contributed by atoms with van der Waals surface area (Å²) >= 11 is 1.39. The van der Waals surface area contributed by atoms with Gasteiger partial charge < -0.3 is 16.4 Å². The van der Waals surface area contributed by atoms with Crippen LogP contribution in [-0.4, -0.2) is 25.0 Å². The highest BCUT2D eigenvalue weighted by atomic mass is 32.1. The van der Waals surface area contributed by atoms with Crippen LogP contribution < -0.4 is 16.4 Å². The molecule has 4 nitrogen and oxygen atoms in total. The van der Waals surface area contributed by atoms with Crippen LogP contribution in [0.4, 0.5) is 5.00 Å². The molecular formula is C9H13N3OS. The molecule has 0 saturated carbocycles. The molecule has 2 heterocycles. The van der Waals surface area contributed by atoms with Crippen LogP contribution in [0.2, 0.25) is 0 Å². The van der Waals surface area contributed by atoms with Crippen molar-refractivity contribution in [2.24, 2.45) is 0 Å². The average molecular weight is 211 g/mol. The van der Waals surface area contributed by atoms with E-state index in [0.717, 1.165) is 19.5 Å². The summed E-state index contributed by atoms with van der Waals surface area (Å²) in [7, 11) is 0. The predicted molar refractivity (Wildman–Crippen MR) is 57.5 cm³/mol. The number of amides is 1. The van der Waals surface area contributed by atoms with Crippen LogP contribution in [0.1, 0.15) is 16.8 Å². The summed E-state index contributed by atoms with van der Waals surface area (Å²) in [6, 6.07) is 1.98. The molecule has 2 rings (SSSR count). The number of hydrogen-bond acceptors (Lipinski definition) is 4. The number of anilines is 1. The third-order valence-corrected chi connectivity index (χ3v) is 3.04. The maximum absolute atomic E-state index is 11.6. The van der Waals surface area contributed by atoms with Crippen LogP contribution in [0.3, 0.4) is 0 Å². The maximum Gasteiger partial charge on any atom is 0.252 e. The van der Waals surface area contributed by atoms with Gasteiger partial charge in [-0.3, -0.25) is 4.79 Å². The summed E-state index contributed by atoms with van der Waals surface area (Å²) in [6.45, 7) is 1.85. The molecule has 4 N–H and O–H groups in total. The Bertz CT molecular complexity index is 331. The predicted octanol–water partition coefficient (Wildman–Crippen LogP) is 0.422. The second-order valence-electron chi connectivity index (χ2n) is 3.40. The van der Waals surface area contributed by atoms with E-state index in [2.05, 4.69) is 10.6 Å². The minimum Gasteiger partial charge on any atom is -0.391 e. The van der Waals surface area contributed by atoms with Crippen molar-refractivity contribution in [2.75, 3.05) is 18.8 Å². The first-order valence-electron chi connectivity index (χ1n) is 4.61. The Kier molecular flexibility index (Phi) is 2.69. The van der Waals surface area contributed by atoms with Crippen LogP contribution in [-0.2, 0) is 0 Å². The molecule has 76 valence electrons. The zero-order valence-electron chi connectivity index (χ0n) is 7.75. The van der Waals surface area contributed by atoms with Crippen LogP contribution >= 0.6 is 11.3 Å². The zero-order chi connectivity index (χ0) is 9.97. The van der Waals surface area contributed by atoms with Crippen molar-refractivity contribution in [3.63, 3.8) is 0 Å². The van der Waals surface area contributed by atoms with E-state index in [1.807, 2.05) is 0 Å². The summed E-state index contributed by atoms with van der Waals surface area (Å²) < 4.78 is 0. The lowest BCUT2D eigenvalue weighted by atomic mass is 10.2. The zero-order valence-corrected chi connectivity index (χ0v) is 8.56. The van der Waals surface area contributed by atoms with E-state index in [0.29, 0.717) is 10.6 Å². The molecule has 1 amide bonds. The van der Waals surface area contributed by atoms with E-state index in [-0.39, 0.29) is 11.9 Å². The molecule has 0 aliphatic carbocycles. The van der Waals surface area contributed by atoms with Crippen molar-refractivity contribution in [3.05, 3.63) is 17.0 Å². The lowest BCUT2D eigenvalue weighted by Gasteiger charge is -2.09. The number of carbonyl (C=O) groups excluding carboxylic acids is 1. The van der Waals surface area contributed by atoms with Crippen molar-refractivity contribution in [1.82, 2.24) is 10.6 Å². The van der Waals surface area contributed by atoms with Gasteiger partial charge in [0, 0.05) is 18.0 Å². The summed E-state index contributed by atoms with van der Waals surface area (Å²) in [6.07, 6.45) is 1.01. The van der Waals surface area contributed by atoms with Crippen molar-refractivity contribution in [2.45, 2.75) is 12.5 Å². The average Bonchev–Trinajstić information content (AvgIpc) is 2.75. The Morgan fingerprint density at radius 2 is 2.57 bits per heavy atom. The number of hydrogen-bond donors (Lipinski definition) is 3. The van der Waals surface area contributed by atoms with Crippen LogP contribution in [0.5, 0.6) is 0 Å². The molecule has 5 heteroatoms. The van der Waals surface area contributed by atoms with E-state index in [4.69, 9.17) is 5.73 Å². The molecule has 1 unspecified atom stereocenters. The fraction of sp³-hybridized carbons (Fsp3) is 0.444. The van der Waals surface area contributed by atoms with Gasteiger partial charge in [-0.05, 0) is 19.0 Å². The monoisotopic (exact) mass is 211 g/mol. The van der Waals surface area contributed by atoms with Gasteiger partial charge in [-0.1, -0.05) is 0 Å². The molecule has 1 saturated heterocycles. The molecule has 1 fully saturated rings. The Hall–Kier alpha value is -1.07. The van der Waals surface area contributed by atoms with Crippen LogP contribution in [0.25, 0.3) is 0 Å². The largest absolute Gasteiger partial charge is 0.391 e. The van der Waals surface area contributed by atoms with Gasteiger partial charge in [-0.2, -0.15) is 0 Å². The minimum absolute atomic E-state index is 0.0216. The summed E-state index contributed by atoms with van der Waals surface area (Å²) in [4.78, 5) is 11.6. The normalized spacial score (nSPS) is 21.0. The summed E-state index contributed by atoms with van der Waals surface area (Å²) in [5.74, 6) is -0.0216. The van der Waals surface area contributed by atoms with Gasteiger partial charge in [0.1, 0.15) is 0 Å². The Morgan fingerprint density at radius 3 is 3.14 bits per heavy atom. The molecule has 14 heavy (non-hydrogen) atoms. The van der Waals surface area contributed by atoms with E-state index in [1.54, 1.807) is 11.4 Å². The minimum atomic E-state index is -0.0216. The lowest BCUT2D eigenvalue weighted by molar-refractivity contribution is 0.0940. The molecular weight excluding hydrogens is 198 g/mol.